The predicted octanol–water partition coefficient (Wildman–Crippen LogP) is 3.30. The Morgan fingerprint density at radius 1 is 1.23 bits per heavy atom. The quantitative estimate of drug-likeness (QED) is 0.534. The molecule has 168 valence electrons. The van der Waals surface area contributed by atoms with Gasteiger partial charge in [-0.05, 0) is 30.5 Å². The first-order chi connectivity index (χ1) is 14.7. The number of hydrogen-bond acceptors (Lipinski definition) is 5. The van der Waals surface area contributed by atoms with Crippen LogP contribution in [0.4, 0.5) is 13.2 Å². The highest BCUT2D eigenvalue weighted by Gasteiger charge is 2.38. The van der Waals surface area contributed by atoms with Gasteiger partial charge in [0, 0.05) is 19.0 Å². The number of carbonyl (C=O) groups excluding carboxylic acids is 1. The molecule has 0 bridgehead atoms. The van der Waals surface area contributed by atoms with Gasteiger partial charge >= 0.3 is 6.18 Å². The number of benzene rings is 1. The summed E-state index contributed by atoms with van der Waals surface area (Å²) in [6, 6.07) is 6.13. The third kappa shape index (κ3) is 4.49. The summed E-state index contributed by atoms with van der Waals surface area (Å²) >= 11 is 0. The van der Waals surface area contributed by atoms with Gasteiger partial charge in [0.25, 0.3) is 0 Å². The van der Waals surface area contributed by atoms with Crippen molar-refractivity contribution in [3.8, 4) is 0 Å². The number of nitrogens with one attached hydrogen (secondary N) is 1. The second-order valence-electron chi connectivity index (χ2n) is 7.50. The topological polar surface area (TPSA) is 106 Å². The van der Waals surface area contributed by atoms with Gasteiger partial charge in [0.2, 0.25) is 5.91 Å². The summed E-state index contributed by atoms with van der Waals surface area (Å²) in [6.07, 6.45) is -3.16. The average molecular weight is 437 g/mol. The molecule has 3 aromatic rings. The summed E-state index contributed by atoms with van der Waals surface area (Å²) in [5.41, 5.74) is 6.50. The van der Waals surface area contributed by atoms with Crippen molar-refractivity contribution in [2.45, 2.75) is 51.6 Å². The maximum absolute atomic E-state index is 13.5. The molecule has 3 rings (SSSR count). The molecule has 1 aromatic carbocycles. The van der Waals surface area contributed by atoms with Crippen LogP contribution in [-0.4, -0.2) is 44.3 Å². The van der Waals surface area contributed by atoms with E-state index in [2.05, 4.69) is 20.5 Å². The highest BCUT2D eigenvalue weighted by atomic mass is 19.4. The van der Waals surface area contributed by atoms with E-state index in [0.717, 1.165) is 18.9 Å². The fourth-order valence-corrected chi connectivity index (χ4v) is 3.86. The van der Waals surface area contributed by atoms with Gasteiger partial charge in [0.05, 0.1) is 11.6 Å². The maximum Gasteiger partial charge on any atom is 0.435 e. The number of alkyl halides is 3. The lowest BCUT2D eigenvalue weighted by atomic mass is 9.83. The van der Waals surface area contributed by atoms with E-state index in [1.165, 1.54) is 4.79 Å². The molecular formula is C20H26F3N7O. The summed E-state index contributed by atoms with van der Waals surface area (Å²) in [4.78, 5) is 13.8. The Bertz CT molecular complexity index is 1040. The summed E-state index contributed by atoms with van der Waals surface area (Å²) in [7, 11) is 0. The van der Waals surface area contributed by atoms with Crippen LogP contribution in [0, 0.1) is 0 Å². The minimum absolute atomic E-state index is 0.263. The van der Waals surface area contributed by atoms with E-state index in [-0.39, 0.29) is 5.69 Å². The Labute approximate surface area is 177 Å². The van der Waals surface area contributed by atoms with Gasteiger partial charge in [0.15, 0.2) is 5.69 Å². The van der Waals surface area contributed by atoms with Crippen LogP contribution in [0.2, 0.25) is 0 Å². The van der Waals surface area contributed by atoms with E-state index in [1.54, 1.807) is 30.1 Å². The second kappa shape index (κ2) is 8.94. The van der Waals surface area contributed by atoms with Gasteiger partial charge < -0.3 is 5.73 Å². The molecule has 2 heterocycles. The van der Waals surface area contributed by atoms with E-state index >= 15 is 0 Å². The smallest absolute Gasteiger partial charge is 0.369 e. The van der Waals surface area contributed by atoms with Crippen molar-refractivity contribution in [1.82, 2.24) is 25.3 Å². The summed E-state index contributed by atoms with van der Waals surface area (Å²) in [5.74, 6) is -2.28. The predicted molar refractivity (Wildman–Crippen MR) is 110 cm³/mol. The first-order valence-electron chi connectivity index (χ1n) is 10.2. The monoisotopic (exact) mass is 437 g/mol. The lowest BCUT2D eigenvalue weighted by Crippen LogP contribution is -2.39. The molecule has 2 unspecified atom stereocenters. The largest absolute Gasteiger partial charge is 0.435 e. The first kappa shape index (κ1) is 22.6. The molecule has 0 radical (unpaired) electrons. The van der Waals surface area contributed by atoms with Crippen molar-refractivity contribution in [3.05, 3.63) is 41.2 Å². The molecule has 0 fully saturated rings. The van der Waals surface area contributed by atoms with Crippen molar-refractivity contribution in [2.75, 3.05) is 18.1 Å². The van der Waals surface area contributed by atoms with E-state index in [0.29, 0.717) is 29.7 Å². The number of fused-ring (bicyclic) bond motifs is 1. The lowest BCUT2D eigenvalue weighted by Gasteiger charge is -2.29. The molecule has 0 spiro atoms. The Hall–Kier alpha value is -3.11. The summed E-state index contributed by atoms with van der Waals surface area (Å²) < 4.78 is 40.6. The number of amides is 1. The molecule has 0 aliphatic carbocycles. The van der Waals surface area contributed by atoms with Gasteiger partial charge in [-0.1, -0.05) is 32.9 Å². The zero-order chi connectivity index (χ0) is 22.8. The molecule has 8 nitrogen and oxygen atoms in total. The van der Waals surface area contributed by atoms with Gasteiger partial charge in [-0.15, -0.1) is 5.10 Å². The molecular weight excluding hydrogens is 411 g/mol. The second-order valence-corrected chi connectivity index (χ2v) is 7.50. The van der Waals surface area contributed by atoms with Crippen LogP contribution in [0.1, 0.15) is 62.4 Å². The van der Waals surface area contributed by atoms with Crippen LogP contribution in [0.25, 0.3) is 11.0 Å². The fourth-order valence-electron chi connectivity index (χ4n) is 3.86. The van der Waals surface area contributed by atoms with Crippen LogP contribution >= 0.6 is 0 Å². The molecule has 0 saturated carbocycles. The number of para-hydroxylation sites is 1. The van der Waals surface area contributed by atoms with Crippen molar-refractivity contribution in [3.63, 3.8) is 0 Å². The molecule has 3 N–H and O–H groups in total. The van der Waals surface area contributed by atoms with Gasteiger partial charge in [0.1, 0.15) is 11.0 Å². The molecule has 0 aliphatic heterocycles. The first-order valence-corrected chi connectivity index (χ1v) is 10.2. The van der Waals surface area contributed by atoms with Crippen molar-refractivity contribution in [1.29, 1.82) is 0 Å². The number of nitrogens with two attached hydrogens (primary N) is 1. The van der Waals surface area contributed by atoms with Gasteiger partial charge in [-0.25, -0.2) is 0 Å². The van der Waals surface area contributed by atoms with Crippen LogP contribution in [0.5, 0.6) is 0 Å². The van der Waals surface area contributed by atoms with Crippen LogP contribution in [0.3, 0.4) is 0 Å². The third-order valence-electron chi connectivity index (χ3n) is 5.23. The molecule has 2 aromatic heterocycles. The van der Waals surface area contributed by atoms with Crippen molar-refractivity contribution >= 4 is 16.9 Å². The number of nitrogens with zero attached hydrogens (tertiary/aromatic N) is 5. The van der Waals surface area contributed by atoms with Gasteiger partial charge in [-0.2, -0.15) is 33.4 Å². The van der Waals surface area contributed by atoms with Crippen molar-refractivity contribution < 1.29 is 18.0 Å². The molecule has 31 heavy (non-hydrogen) atoms. The Morgan fingerprint density at radius 3 is 2.48 bits per heavy atom. The van der Waals surface area contributed by atoms with E-state index < -0.39 is 29.6 Å². The number of aromatic amines is 1. The van der Waals surface area contributed by atoms with Crippen LogP contribution < -0.4 is 10.7 Å². The Kier molecular flexibility index (Phi) is 6.51. The highest BCUT2D eigenvalue weighted by Crippen LogP contribution is 2.38. The molecule has 0 saturated heterocycles. The number of carbonyl (C=O) groups is 1. The van der Waals surface area contributed by atoms with Crippen molar-refractivity contribution in [2.24, 2.45) is 5.73 Å². The highest BCUT2D eigenvalue weighted by molar-refractivity contribution is 5.89. The fraction of sp³-hybridized carbons (Fsp3) is 0.500. The molecule has 1 amide bonds. The van der Waals surface area contributed by atoms with Crippen LogP contribution in [-0.2, 0) is 11.0 Å². The Balaban J connectivity index is 2.15. The number of H-pyrrole nitrogens is 1. The standard InChI is InChI=1S/C20H26F3N7O/c1-4-9-29(10-5-2)30-15(11-16(27-30)20(21,22)23)12(3)17(19(24)31)13-7-6-8-14-18(13)26-28-25-14/h6-8,11-12,17H,4-5,9-10H2,1-3H3,(H2,24,31)(H,25,26,28). The zero-order valence-electron chi connectivity index (χ0n) is 17.6. The maximum atomic E-state index is 13.5. The van der Waals surface area contributed by atoms with Gasteiger partial charge in [-0.3, -0.25) is 9.80 Å². The number of aromatic nitrogens is 5. The summed E-state index contributed by atoms with van der Waals surface area (Å²) in [6.45, 7) is 6.60. The lowest BCUT2D eigenvalue weighted by molar-refractivity contribution is -0.141. The zero-order valence-corrected chi connectivity index (χ0v) is 17.6. The van der Waals surface area contributed by atoms with E-state index in [1.807, 2.05) is 13.8 Å². The number of halogens is 3. The molecule has 0 aliphatic rings. The van der Waals surface area contributed by atoms with E-state index in [9.17, 15) is 18.0 Å². The van der Waals surface area contributed by atoms with E-state index in [4.69, 9.17) is 5.73 Å². The molecule has 2 atom stereocenters. The summed E-state index contributed by atoms with van der Waals surface area (Å²) in [5, 5.41) is 16.3. The number of primary amides is 1. The number of hydrogen-bond donors (Lipinski definition) is 2. The minimum Gasteiger partial charge on any atom is -0.369 e. The Morgan fingerprint density at radius 2 is 1.90 bits per heavy atom. The third-order valence-corrected chi connectivity index (χ3v) is 5.23. The minimum atomic E-state index is -4.61. The SMILES string of the molecule is CCCN(CCC)n1nc(C(F)(F)F)cc1C(C)C(C(N)=O)c1cccc2n[nH]nc12. The number of rotatable bonds is 9. The van der Waals surface area contributed by atoms with Crippen LogP contribution in [0.15, 0.2) is 24.3 Å². The normalized spacial score (nSPS) is 14.0. The molecule has 11 heteroatoms. The average Bonchev–Trinajstić information content (AvgIpc) is 3.35.